The highest BCUT2D eigenvalue weighted by Crippen LogP contribution is 2.33. The third-order valence-electron chi connectivity index (χ3n) is 3.78. The number of sulfonamides is 1. The van der Waals surface area contributed by atoms with Gasteiger partial charge in [0.2, 0.25) is 10.0 Å². The maximum absolute atomic E-state index is 12.7. The first-order valence-corrected chi connectivity index (χ1v) is 8.48. The highest BCUT2D eigenvalue weighted by Gasteiger charge is 2.39. The van der Waals surface area contributed by atoms with Gasteiger partial charge in [0.15, 0.2) is 0 Å². The molecule has 19 heavy (non-hydrogen) atoms. The van der Waals surface area contributed by atoms with Crippen molar-refractivity contribution in [3.8, 4) is 0 Å². The summed E-state index contributed by atoms with van der Waals surface area (Å²) in [5.41, 5.74) is 6.40. The summed E-state index contributed by atoms with van der Waals surface area (Å²) in [6.07, 6.45) is 0.815. The van der Waals surface area contributed by atoms with Crippen LogP contribution in [0.15, 0.2) is 27.6 Å². The van der Waals surface area contributed by atoms with Crippen LogP contribution in [0.3, 0.4) is 0 Å². The largest absolute Gasteiger partial charge is 0.330 e. The second-order valence-corrected chi connectivity index (χ2v) is 8.34. The van der Waals surface area contributed by atoms with Crippen molar-refractivity contribution in [1.82, 2.24) is 4.31 Å². The van der Waals surface area contributed by atoms with E-state index in [0.717, 1.165) is 16.5 Å². The van der Waals surface area contributed by atoms with Crippen LogP contribution in [0.5, 0.6) is 0 Å². The number of nitrogens with zero attached hydrogens (tertiary/aromatic N) is 1. The van der Waals surface area contributed by atoms with E-state index in [0.29, 0.717) is 24.5 Å². The van der Waals surface area contributed by atoms with Crippen LogP contribution in [-0.4, -0.2) is 32.4 Å². The van der Waals surface area contributed by atoms with E-state index in [1.807, 2.05) is 26.0 Å². The minimum absolute atomic E-state index is 0.104. The van der Waals surface area contributed by atoms with Gasteiger partial charge in [-0.05, 0) is 43.0 Å². The summed E-state index contributed by atoms with van der Waals surface area (Å²) in [6.45, 7) is 5.41. The molecule has 0 aromatic heterocycles. The molecule has 0 aliphatic carbocycles. The molecule has 1 aromatic carbocycles. The number of halogens is 1. The van der Waals surface area contributed by atoms with Gasteiger partial charge >= 0.3 is 0 Å². The van der Waals surface area contributed by atoms with Gasteiger partial charge in [-0.2, -0.15) is 4.31 Å². The molecule has 1 fully saturated rings. The van der Waals surface area contributed by atoms with E-state index in [1.54, 1.807) is 10.4 Å². The Bertz CT molecular complexity index is 588. The molecule has 1 aromatic rings. The van der Waals surface area contributed by atoms with Crippen molar-refractivity contribution in [2.75, 3.05) is 19.6 Å². The van der Waals surface area contributed by atoms with Crippen molar-refractivity contribution in [1.29, 1.82) is 0 Å². The van der Waals surface area contributed by atoms with E-state index in [4.69, 9.17) is 5.73 Å². The fraction of sp³-hybridized carbons (Fsp3) is 0.538. The minimum Gasteiger partial charge on any atom is -0.330 e. The summed E-state index contributed by atoms with van der Waals surface area (Å²) in [7, 11) is -3.43. The van der Waals surface area contributed by atoms with Crippen LogP contribution in [0, 0.1) is 12.3 Å². The molecule has 1 aliphatic rings. The highest BCUT2D eigenvalue weighted by molar-refractivity contribution is 9.10. The van der Waals surface area contributed by atoms with Crippen LogP contribution >= 0.6 is 15.9 Å². The zero-order valence-corrected chi connectivity index (χ0v) is 13.6. The van der Waals surface area contributed by atoms with Gasteiger partial charge in [0.05, 0.1) is 4.90 Å². The van der Waals surface area contributed by atoms with Crippen LogP contribution in [0.4, 0.5) is 0 Å². The Morgan fingerprint density at radius 2 is 2.16 bits per heavy atom. The van der Waals surface area contributed by atoms with Gasteiger partial charge in [0, 0.05) is 17.6 Å². The third kappa shape index (κ3) is 2.86. The zero-order chi connectivity index (χ0) is 14.3. The molecule has 0 saturated carbocycles. The van der Waals surface area contributed by atoms with Gasteiger partial charge in [0.25, 0.3) is 0 Å². The highest BCUT2D eigenvalue weighted by atomic mass is 79.9. The number of nitrogens with two attached hydrogens (primary N) is 1. The molecule has 0 bridgehead atoms. The van der Waals surface area contributed by atoms with Crippen molar-refractivity contribution < 1.29 is 8.42 Å². The molecule has 1 unspecified atom stereocenters. The minimum atomic E-state index is -3.43. The van der Waals surface area contributed by atoms with E-state index in [9.17, 15) is 8.42 Å². The quantitative estimate of drug-likeness (QED) is 0.911. The lowest BCUT2D eigenvalue weighted by Crippen LogP contribution is -2.34. The average molecular weight is 347 g/mol. The number of hydrogen-bond donors (Lipinski definition) is 1. The smallest absolute Gasteiger partial charge is 0.243 e. The number of rotatable bonds is 3. The van der Waals surface area contributed by atoms with Crippen molar-refractivity contribution in [2.45, 2.75) is 25.2 Å². The Kier molecular flexibility index (Phi) is 4.07. The van der Waals surface area contributed by atoms with Crippen LogP contribution < -0.4 is 5.73 Å². The molecule has 1 aliphatic heterocycles. The molecule has 0 amide bonds. The van der Waals surface area contributed by atoms with Crippen molar-refractivity contribution in [3.05, 3.63) is 28.2 Å². The van der Waals surface area contributed by atoms with Crippen molar-refractivity contribution in [3.63, 3.8) is 0 Å². The molecule has 2 N–H and O–H groups in total. The molecule has 6 heteroatoms. The van der Waals surface area contributed by atoms with E-state index < -0.39 is 10.0 Å². The summed E-state index contributed by atoms with van der Waals surface area (Å²) in [6, 6.07) is 5.33. The van der Waals surface area contributed by atoms with Gasteiger partial charge in [-0.3, -0.25) is 0 Å². The van der Waals surface area contributed by atoms with Gasteiger partial charge in [-0.1, -0.05) is 28.9 Å². The lowest BCUT2D eigenvalue weighted by atomic mass is 9.90. The fourth-order valence-corrected chi connectivity index (χ4v) is 4.70. The third-order valence-corrected chi connectivity index (χ3v) is 6.26. The molecule has 1 atom stereocenters. The summed E-state index contributed by atoms with van der Waals surface area (Å²) in [5, 5.41) is 0. The number of aryl methyl sites for hydroxylation is 1. The van der Waals surface area contributed by atoms with Crippen LogP contribution in [0.1, 0.15) is 18.9 Å². The monoisotopic (exact) mass is 346 g/mol. The van der Waals surface area contributed by atoms with Gasteiger partial charge in [-0.25, -0.2) is 8.42 Å². The molecular formula is C13H19BrN2O2S. The summed E-state index contributed by atoms with van der Waals surface area (Å²) < 4.78 is 27.7. The molecule has 1 saturated heterocycles. The van der Waals surface area contributed by atoms with Crippen LogP contribution in [0.2, 0.25) is 0 Å². The normalized spacial score (nSPS) is 24.8. The van der Waals surface area contributed by atoms with E-state index in [2.05, 4.69) is 15.9 Å². The van der Waals surface area contributed by atoms with E-state index >= 15 is 0 Å². The molecule has 4 nitrogen and oxygen atoms in total. The topological polar surface area (TPSA) is 63.4 Å². The Hall–Kier alpha value is -0.430. The summed E-state index contributed by atoms with van der Waals surface area (Å²) in [4.78, 5) is 0.378. The molecular weight excluding hydrogens is 328 g/mol. The first-order valence-electron chi connectivity index (χ1n) is 6.25. The lowest BCUT2D eigenvalue weighted by molar-refractivity contribution is 0.349. The standard InChI is InChI=1S/C13H19BrN2O2S/c1-10-3-4-11(14)7-12(10)19(17,18)16-6-5-13(2,8-15)9-16/h3-4,7H,5-6,8-9,15H2,1-2H3. The second kappa shape index (κ2) is 5.16. The Balaban J connectivity index is 2.36. The lowest BCUT2D eigenvalue weighted by Gasteiger charge is -2.23. The molecule has 1 heterocycles. The van der Waals surface area contributed by atoms with E-state index in [-0.39, 0.29) is 5.41 Å². The molecule has 0 spiro atoms. The van der Waals surface area contributed by atoms with Crippen molar-refractivity contribution in [2.24, 2.45) is 11.1 Å². The maximum Gasteiger partial charge on any atom is 0.243 e. The zero-order valence-electron chi connectivity index (χ0n) is 11.2. The predicted molar refractivity (Wildman–Crippen MR) is 79.4 cm³/mol. The van der Waals surface area contributed by atoms with Crippen LogP contribution in [-0.2, 0) is 10.0 Å². The van der Waals surface area contributed by atoms with E-state index in [1.165, 1.54) is 0 Å². The Morgan fingerprint density at radius 3 is 2.74 bits per heavy atom. The second-order valence-electron chi connectivity index (χ2n) is 5.51. The summed E-state index contributed by atoms with van der Waals surface area (Å²) >= 11 is 3.33. The molecule has 106 valence electrons. The number of benzene rings is 1. The van der Waals surface area contributed by atoms with Gasteiger partial charge in [-0.15, -0.1) is 0 Å². The Morgan fingerprint density at radius 1 is 1.47 bits per heavy atom. The maximum atomic E-state index is 12.7. The predicted octanol–water partition coefficient (Wildman–Crippen LogP) is 2.12. The van der Waals surface area contributed by atoms with Gasteiger partial charge in [0.1, 0.15) is 0 Å². The Labute approximate surface area is 123 Å². The SMILES string of the molecule is Cc1ccc(Br)cc1S(=O)(=O)N1CCC(C)(CN)C1. The molecule has 0 radical (unpaired) electrons. The average Bonchev–Trinajstić information content (AvgIpc) is 2.76. The first kappa shape index (κ1) is 15.0. The first-order chi connectivity index (χ1) is 8.78. The van der Waals surface area contributed by atoms with Gasteiger partial charge < -0.3 is 5.73 Å². The molecule has 2 rings (SSSR count). The van der Waals surface area contributed by atoms with Crippen LogP contribution in [0.25, 0.3) is 0 Å². The van der Waals surface area contributed by atoms with Crippen molar-refractivity contribution >= 4 is 26.0 Å². The number of hydrogen-bond acceptors (Lipinski definition) is 3. The fourth-order valence-electron chi connectivity index (χ4n) is 2.34. The summed E-state index contributed by atoms with van der Waals surface area (Å²) in [5.74, 6) is 0.